The van der Waals surface area contributed by atoms with E-state index in [0.717, 1.165) is 6.42 Å². The van der Waals surface area contributed by atoms with Gasteiger partial charge >= 0.3 is 0 Å². The molecular weight excluding hydrogens is 184 g/mol. The Bertz CT molecular complexity index is 219. The van der Waals surface area contributed by atoms with E-state index in [1.54, 1.807) is 0 Å². The predicted octanol–water partition coefficient (Wildman–Crippen LogP) is 2.35. The molecule has 0 fully saturated rings. The van der Waals surface area contributed by atoms with Crippen LogP contribution < -0.4 is 0 Å². The molecule has 0 radical (unpaired) electrons. The lowest BCUT2D eigenvalue weighted by Gasteiger charge is -2.24. The average molecular weight is 206 g/mol. The van der Waals surface area contributed by atoms with Gasteiger partial charge in [0.1, 0.15) is 9.84 Å². The minimum atomic E-state index is -2.79. The highest BCUT2D eigenvalue weighted by Gasteiger charge is 2.18. The Morgan fingerprint density at radius 2 is 1.38 bits per heavy atom. The van der Waals surface area contributed by atoms with Gasteiger partial charge in [0.15, 0.2) is 0 Å². The van der Waals surface area contributed by atoms with Gasteiger partial charge in [-0.2, -0.15) is 0 Å². The monoisotopic (exact) mass is 206 g/mol. The Balaban J connectivity index is 4.13. The van der Waals surface area contributed by atoms with E-state index in [2.05, 4.69) is 27.7 Å². The van der Waals surface area contributed by atoms with Crippen molar-refractivity contribution in [3.63, 3.8) is 0 Å². The lowest BCUT2D eigenvalue weighted by molar-refractivity contribution is 0.280. The van der Waals surface area contributed by atoms with Gasteiger partial charge in [0, 0.05) is 6.26 Å². The molecule has 0 aromatic carbocycles. The largest absolute Gasteiger partial charge is 0.229 e. The molecule has 0 aliphatic heterocycles. The topological polar surface area (TPSA) is 34.1 Å². The zero-order valence-electron chi connectivity index (χ0n) is 9.37. The minimum absolute atomic E-state index is 0.327. The number of hydrogen-bond donors (Lipinski definition) is 0. The summed E-state index contributed by atoms with van der Waals surface area (Å²) in [5.41, 5.74) is 0. The summed E-state index contributed by atoms with van der Waals surface area (Å²) in [6.07, 6.45) is 2.11. The number of hydrogen-bond acceptors (Lipinski definition) is 2. The average Bonchev–Trinajstić information content (AvgIpc) is 1.82. The fourth-order valence-corrected chi connectivity index (χ4v) is 2.49. The first kappa shape index (κ1) is 12.9. The van der Waals surface area contributed by atoms with Crippen LogP contribution in [0.1, 0.15) is 34.1 Å². The molecule has 0 N–H and O–H groups in total. The van der Waals surface area contributed by atoms with Crippen molar-refractivity contribution in [3.05, 3.63) is 0 Å². The van der Waals surface area contributed by atoms with Crippen LogP contribution in [0.2, 0.25) is 0 Å². The molecule has 0 unspecified atom stereocenters. The van der Waals surface area contributed by atoms with Gasteiger partial charge in [0.2, 0.25) is 0 Å². The second-order valence-electron chi connectivity index (χ2n) is 4.57. The molecule has 0 aromatic rings. The summed E-state index contributed by atoms with van der Waals surface area (Å²) in [5, 5.41) is 0. The standard InChI is InChI=1S/C10H22O2S/c1-8(2)10(9(3)4)6-7-13(5,11)12/h8-10H,6-7H2,1-5H3. The van der Waals surface area contributed by atoms with Crippen molar-refractivity contribution in [2.45, 2.75) is 34.1 Å². The van der Waals surface area contributed by atoms with Crippen molar-refractivity contribution in [2.24, 2.45) is 17.8 Å². The molecule has 0 spiro atoms. The second kappa shape index (κ2) is 4.99. The molecule has 80 valence electrons. The zero-order valence-corrected chi connectivity index (χ0v) is 10.2. The molecular formula is C10H22O2S. The van der Waals surface area contributed by atoms with Crippen molar-refractivity contribution in [3.8, 4) is 0 Å². The van der Waals surface area contributed by atoms with Gasteiger partial charge in [-0.3, -0.25) is 0 Å². The quantitative estimate of drug-likeness (QED) is 0.692. The molecule has 0 aromatic heterocycles. The summed E-state index contributed by atoms with van der Waals surface area (Å²) < 4.78 is 22.0. The van der Waals surface area contributed by atoms with E-state index in [1.165, 1.54) is 6.26 Å². The molecule has 3 heteroatoms. The SMILES string of the molecule is CC(C)C(CCS(C)(=O)=O)C(C)C. The molecule has 0 amide bonds. The van der Waals surface area contributed by atoms with E-state index < -0.39 is 9.84 Å². The third-order valence-corrected chi connectivity index (χ3v) is 3.51. The minimum Gasteiger partial charge on any atom is -0.229 e. The van der Waals surface area contributed by atoms with E-state index in [1.807, 2.05) is 0 Å². The molecule has 13 heavy (non-hydrogen) atoms. The smallest absolute Gasteiger partial charge is 0.147 e. The Labute approximate surface area is 82.6 Å². The van der Waals surface area contributed by atoms with Crippen LogP contribution >= 0.6 is 0 Å². The molecule has 2 nitrogen and oxygen atoms in total. The Morgan fingerprint density at radius 3 is 1.62 bits per heavy atom. The fraction of sp³-hybridized carbons (Fsp3) is 1.00. The molecule has 0 saturated carbocycles. The normalized spacial score (nSPS) is 13.2. The highest BCUT2D eigenvalue weighted by atomic mass is 32.2. The van der Waals surface area contributed by atoms with Crippen LogP contribution in [0.3, 0.4) is 0 Å². The first-order valence-corrected chi connectivity index (χ1v) is 6.98. The summed E-state index contributed by atoms with van der Waals surface area (Å²) in [4.78, 5) is 0. The predicted molar refractivity (Wildman–Crippen MR) is 57.5 cm³/mol. The van der Waals surface area contributed by atoms with Crippen LogP contribution in [0.15, 0.2) is 0 Å². The highest BCUT2D eigenvalue weighted by Crippen LogP contribution is 2.24. The van der Waals surface area contributed by atoms with Crippen molar-refractivity contribution in [1.82, 2.24) is 0 Å². The van der Waals surface area contributed by atoms with Crippen LogP contribution in [0.5, 0.6) is 0 Å². The highest BCUT2D eigenvalue weighted by molar-refractivity contribution is 7.90. The van der Waals surface area contributed by atoms with Gasteiger partial charge in [-0.1, -0.05) is 27.7 Å². The second-order valence-corrected chi connectivity index (χ2v) is 6.83. The Kier molecular flexibility index (Phi) is 4.97. The molecule has 0 atom stereocenters. The maximum atomic E-state index is 11.0. The van der Waals surface area contributed by atoms with Gasteiger partial charge in [-0.05, 0) is 24.2 Å². The van der Waals surface area contributed by atoms with Crippen LogP contribution in [-0.4, -0.2) is 20.4 Å². The first-order valence-electron chi connectivity index (χ1n) is 4.91. The maximum Gasteiger partial charge on any atom is 0.147 e. The molecule has 0 rings (SSSR count). The third-order valence-electron chi connectivity index (χ3n) is 2.53. The van der Waals surface area contributed by atoms with Crippen molar-refractivity contribution < 1.29 is 8.42 Å². The van der Waals surface area contributed by atoms with E-state index in [9.17, 15) is 8.42 Å². The van der Waals surface area contributed by atoms with Crippen LogP contribution in [0.25, 0.3) is 0 Å². The summed E-state index contributed by atoms with van der Waals surface area (Å²) in [6.45, 7) is 8.64. The van der Waals surface area contributed by atoms with Gasteiger partial charge in [-0.25, -0.2) is 8.42 Å². The van der Waals surface area contributed by atoms with E-state index >= 15 is 0 Å². The molecule has 0 aliphatic rings. The summed E-state index contributed by atoms with van der Waals surface area (Å²) in [6, 6.07) is 0. The third kappa shape index (κ3) is 6.08. The van der Waals surface area contributed by atoms with E-state index in [4.69, 9.17) is 0 Å². The van der Waals surface area contributed by atoms with E-state index in [0.29, 0.717) is 23.5 Å². The van der Waals surface area contributed by atoms with Gasteiger partial charge in [0.05, 0.1) is 5.75 Å². The van der Waals surface area contributed by atoms with Crippen LogP contribution in [0, 0.1) is 17.8 Å². The van der Waals surface area contributed by atoms with Crippen LogP contribution in [0.4, 0.5) is 0 Å². The summed E-state index contributed by atoms with van der Waals surface area (Å²) in [7, 11) is -2.79. The van der Waals surface area contributed by atoms with Gasteiger partial charge in [-0.15, -0.1) is 0 Å². The Morgan fingerprint density at radius 1 is 1.00 bits per heavy atom. The lowest BCUT2D eigenvalue weighted by atomic mass is 9.84. The molecule has 0 saturated heterocycles. The summed E-state index contributed by atoms with van der Waals surface area (Å²) in [5.74, 6) is 1.99. The Hall–Kier alpha value is -0.0500. The number of sulfone groups is 1. The maximum absolute atomic E-state index is 11.0. The lowest BCUT2D eigenvalue weighted by Crippen LogP contribution is -2.19. The van der Waals surface area contributed by atoms with Gasteiger partial charge in [0.25, 0.3) is 0 Å². The van der Waals surface area contributed by atoms with Crippen molar-refractivity contribution in [1.29, 1.82) is 0 Å². The zero-order chi connectivity index (χ0) is 10.6. The van der Waals surface area contributed by atoms with Crippen molar-refractivity contribution >= 4 is 9.84 Å². The van der Waals surface area contributed by atoms with Crippen LogP contribution in [-0.2, 0) is 9.84 Å². The molecule has 0 heterocycles. The van der Waals surface area contributed by atoms with Crippen molar-refractivity contribution in [2.75, 3.05) is 12.0 Å². The molecule has 0 bridgehead atoms. The number of rotatable bonds is 5. The summed E-state index contributed by atoms with van der Waals surface area (Å²) >= 11 is 0. The van der Waals surface area contributed by atoms with E-state index in [-0.39, 0.29) is 0 Å². The first-order chi connectivity index (χ1) is 5.74. The molecule has 0 aliphatic carbocycles. The van der Waals surface area contributed by atoms with Gasteiger partial charge < -0.3 is 0 Å². The fourth-order valence-electron chi connectivity index (χ4n) is 1.79.